The maximum atomic E-state index is 12.9. The first kappa shape index (κ1) is 11.3. The highest BCUT2D eigenvalue weighted by atomic mass is 32.2. The Labute approximate surface area is 99.5 Å². The largest absolute Gasteiger partial charge is 0.375 e. The van der Waals surface area contributed by atoms with Gasteiger partial charge in [0.25, 0.3) is 0 Å². The van der Waals surface area contributed by atoms with Crippen LogP contribution in [0.1, 0.15) is 5.69 Å². The fraction of sp³-hybridized carbons (Fsp3) is 0.100. The molecule has 0 atom stereocenters. The molecule has 0 spiro atoms. The summed E-state index contributed by atoms with van der Waals surface area (Å²) in [6, 6.07) is 3.83. The fourth-order valence-electron chi connectivity index (χ4n) is 1.11. The predicted molar refractivity (Wildman–Crippen MR) is 62.4 cm³/mol. The Hall–Kier alpha value is -1.14. The Kier molecular flexibility index (Phi) is 3.40. The van der Waals surface area contributed by atoms with Crippen molar-refractivity contribution in [3.8, 4) is 0 Å². The number of nitrogens with zero attached hydrogens (tertiary/aromatic N) is 1. The third kappa shape index (κ3) is 2.70. The van der Waals surface area contributed by atoms with E-state index in [0.717, 1.165) is 11.8 Å². The number of halogens is 2. The molecule has 0 bridgehead atoms. The summed E-state index contributed by atoms with van der Waals surface area (Å²) < 4.78 is 25.5. The third-order valence-electron chi connectivity index (χ3n) is 1.85. The monoisotopic (exact) mass is 258 g/mol. The van der Waals surface area contributed by atoms with Crippen LogP contribution in [-0.2, 0) is 5.75 Å². The summed E-state index contributed by atoms with van der Waals surface area (Å²) in [5.41, 5.74) is 6.32. The summed E-state index contributed by atoms with van der Waals surface area (Å²) in [5.74, 6) is -1.07. The molecule has 0 fully saturated rings. The molecular formula is C10H8F2N2S2. The second-order valence-corrected chi connectivity index (χ2v) is 4.98. The van der Waals surface area contributed by atoms with Gasteiger partial charge in [0.15, 0.2) is 16.8 Å². The molecule has 0 radical (unpaired) electrons. The highest BCUT2D eigenvalue weighted by Gasteiger charge is 2.04. The molecule has 1 heterocycles. The quantitative estimate of drug-likeness (QED) is 0.858. The molecule has 0 aliphatic carbocycles. The number of rotatable bonds is 3. The summed E-state index contributed by atoms with van der Waals surface area (Å²) in [4.78, 5) is 4.75. The van der Waals surface area contributed by atoms with Crippen LogP contribution >= 0.6 is 23.1 Å². The van der Waals surface area contributed by atoms with Crippen LogP contribution in [-0.4, -0.2) is 4.98 Å². The number of nitrogen functional groups attached to an aromatic ring is 1. The second-order valence-electron chi connectivity index (χ2n) is 3.04. The minimum Gasteiger partial charge on any atom is -0.375 e. The highest BCUT2D eigenvalue weighted by molar-refractivity contribution is 7.98. The number of thioether (sulfide) groups is 1. The van der Waals surface area contributed by atoms with Crippen LogP contribution in [0, 0.1) is 11.6 Å². The molecule has 0 aliphatic rings. The molecule has 2 N–H and O–H groups in total. The van der Waals surface area contributed by atoms with Gasteiger partial charge in [0, 0.05) is 16.0 Å². The molecule has 0 saturated heterocycles. The number of hydrogen-bond acceptors (Lipinski definition) is 4. The molecule has 1 aromatic carbocycles. The van der Waals surface area contributed by atoms with Gasteiger partial charge in [-0.05, 0) is 18.2 Å². The van der Waals surface area contributed by atoms with Crippen LogP contribution in [0.4, 0.5) is 13.9 Å². The van der Waals surface area contributed by atoms with E-state index in [1.807, 2.05) is 5.38 Å². The zero-order chi connectivity index (χ0) is 11.5. The molecule has 0 amide bonds. The van der Waals surface area contributed by atoms with Gasteiger partial charge in [-0.1, -0.05) is 0 Å². The summed E-state index contributed by atoms with van der Waals surface area (Å²) in [6.45, 7) is 0. The highest BCUT2D eigenvalue weighted by Crippen LogP contribution is 2.25. The van der Waals surface area contributed by atoms with E-state index in [1.165, 1.54) is 29.2 Å². The number of nitrogens with two attached hydrogens (primary N) is 1. The maximum Gasteiger partial charge on any atom is 0.180 e. The van der Waals surface area contributed by atoms with Crippen molar-refractivity contribution in [2.75, 3.05) is 5.73 Å². The first-order chi connectivity index (χ1) is 7.65. The van der Waals surface area contributed by atoms with Crippen molar-refractivity contribution in [2.45, 2.75) is 10.6 Å². The van der Waals surface area contributed by atoms with Gasteiger partial charge in [-0.3, -0.25) is 0 Å². The standard InChI is InChI=1S/C10H8F2N2S2/c11-8-2-1-7(3-9(8)12)15-4-6-5-16-10(13)14-6/h1-3,5H,4H2,(H2,13,14). The van der Waals surface area contributed by atoms with E-state index in [2.05, 4.69) is 4.98 Å². The zero-order valence-electron chi connectivity index (χ0n) is 8.11. The van der Waals surface area contributed by atoms with E-state index in [9.17, 15) is 8.78 Å². The molecule has 1 aromatic heterocycles. The summed E-state index contributed by atoms with van der Waals surface area (Å²) >= 11 is 2.76. The van der Waals surface area contributed by atoms with Gasteiger partial charge in [0.05, 0.1) is 5.69 Å². The van der Waals surface area contributed by atoms with Crippen molar-refractivity contribution < 1.29 is 8.78 Å². The van der Waals surface area contributed by atoms with E-state index >= 15 is 0 Å². The Morgan fingerprint density at radius 2 is 2.12 bits per heavy atom. The Balaban J connectivity index is 2.02. The molecular weight excluding hydrogens is 250 g/mol. The Morgan fingerprint density at radius 3 is 2.75 bits per heavy atom. The second kappa shape index (κ2) is 4.80. The lowest BCUT2D eigenvalue weighted by Crippen LogP contribution is -1.86. The molecule has 2 nitrogen and oxygen atoms in total. The van der Waals surface area contributed by atoms with Crippen molar-refractivity contribution in [2.24, 2.45) is 0 Å². The van der Waals surface area contributed by atoms with Crippen molar-refractivity contribution in [1.29, 1.82) is 0 Å². The topological polar surface area (TPSA) is 38.9 Å². The molecule has 6 heteroatoms. The number of anilines is 1. The summed E-state index contributed by atoms with van der Waals surface area (Å²) in [5, 5.41) is 2.36. The molecule has 0 saturated carbocycles. The van der Waals surface area contributed by atoms with E-state index in [1.54, 1.807) is 6.07 Å². The van der Waals surface area contributed by atoms with Crippen molar-refractivity contribution in [3.63, 3.8) is 0 Å². The van der Waals surface area contributed by atoms with Crippen LogP contribution in [0.25, 0.3) is 0 Å². The SMILES string of the molecule is Nc1nc(CSc2ccc(F)c(F)c2)cs1. The predicted octanol–water partition coefficient (Wildman–Crippen LogP) is 3.30. The zero-order valence-corrected chi connectivity index (χ0v) is 9.75. The molecule has 16 heavy (non-hydrogen) atoms. The van der Waals surface area contributed by atoms with Crippen LogP contribution in [0.3, 0.4) is 0 Å². The first-order valence-corrected chi connectivity index (χ1v) is 6.29. The van der Waals surface area contributed by atoms with Crippen molar-refractivity contribution in [3.05, 3.63) is 40.9 Å². The number of benzene rings is 1. The molecule has 2 rings (SSSR count). The Morgan fingerprint density at radius 1 is 1.31 bits per heavy atom. The smallest absolute Gasteiger partial charge is 0.180 e. The average molecular weight is 258 g/mol. The lowest BCUT2D eigenvalue weighted by molar-refractivity contribution is 0.506. The van der Waals surface area contributed by atoms with Crippen molar-refractivity contribution in [1.82, 2.24) is 4.98 Å². The van der Waals surface area contributed by atoms with Gasteiger partial charge >= 0.3 is 0 Å². The molecule has 2 aromatic rings. The first-order valence-electron chi connectivity index (χ1n) is 4.43. The lowest BCUT2D eigenvalue weighted by Gasteiger charge is -2.00. The van der Waals surface area contributed by atoms with Gasteiger partial charge in [-0.2, -0.15) is 0 Å². The van der Waals surface area contributed by atoms with E-state index < -0.39 is 11.6 Å². The van der Waals surface area contributed by atoms with Crippen LogP contribution in [0.5, 0.6) is 0 Å². The van der Waals surface area contributed by atoms with Crippen LogP contribution in [0.15, 0.2) is 28.5 Å². The minimum atomic E-state index is -0.831. The van der Waals surface area contributed by atoms with Crippen LogP contribution < -0.4 is 5.73 Å². The average Bonchev–Trinajstić information content (AvgIpc) is 2.66. The van der Waals surface area contributed by atoms with E-state index in [4.69, 9.17) is 5.73 Å². The van der Waals surface area contributed by atoms with Gasteiger partial charge in [0.2, 0.25) is 0 Å². The third-order valence-corrected chi connectivity index (χ3v) is 3.60. The van der Waals surface area contributed by atoms with Gasteiger partial charge in [-0.25, -0.2) is 13.8 Å². The number of hydrogen-bond donors (Lipinski definition) is 1. The van der Waals surface area contributed by atoms with Gasteiger partial charge < -0.3 is 5.73 Å². The molecule has 84 valence electrons. The minimum absolute atomic E-state index is 0.515. The van der Waals surface area contributed by atoms with Gasteiger partial charge in [-0.15, -0.1) is 23.1 Å². The number of thiazole rings is 1. The van der Waals surface area contributed by atoms with Crippen molar-refractivity contribution >= 4 is 28.2 Å². The lowest BCUT2D eigenvalue weighted by atomic mass is 10.3. The van der Waals surface area contributed by atoms with Gasteiger partial charge in [0.1, 0.15) is 0 Å². The maximum absolute atomic E-state index is 12.9. The van der Waals surface area contributed by atoms with Crippen LogP contribution in [0.2, 0.25) is 0 Å². The van der Waals surface area contributed by atoms with E-state index in [0.29, 0.717) is 15.8 Å². The summed E-state index contributed by atoms with van der Waals surface area (Å²) in [7, 11) is 0. The number of aromatic nitrogens is 1. The summed E-state index contributed by atoms with van der Waals surface area (Å²) in [6.07, 6.45) is 0. The fourth-order valence-corrected chi connectivity index (χ4v) is 2.59. The van der Waals surface area contributed by atoms with E-state index in [-0.39, 0.29) is 0 Å². The molecule has 0 unspecified atom stereocenters. The molecule has 0 aliphatic heterocycles. The normalized spacial score (nSPS) is 10.6. The Bertz CT molecular complexity index is 499.